The molecule has 7 heteroatoms. The summed E-state index contributed by atoms with van der Waals surface area (Å²) in [5.74, 6) is 4.96. The first-order chi connectivity index (χ1) is 14.5. The smallest absolute Gasteiger partial charge is 0.270 e. The largest absolute Gasteiger partial charge is 0.384 e. The number of aromatic nitrogens is 2. The van der Waals surface area contributed by atoms with Gasteiger partial charge in [-0.15, -0.1) is 11.3 Å². The molecule has 0 saturated carbocycles. The Kier molecular flexibility index (Phi) is 5.61. The second-order valence-electron chi connectivity index (χ2n) is 6.70. The molecule has 0 aliphatic rings. The van der Waals surface area contributed by atoms with Crippen molar-refractivity contribution in [3.05, 3.63) is 87.3 Å². The van der Waals surface area contributed by atoms with Crippen molar-refractivity contribution < 1.29 is 14.3 Å². The zero-order chi connectivity index (χ0) is 21.1. The second kappa shape index (κ2) is 8.49. The SMILES string of the molecule is Cc1cc(C#CCO)cc(C(=O)NC(c2cc3ccccc3[nH]2)c2ccc(F)s2)n1. The van der Waals surface area contributed by atoms with E-state index < -0.39 is 11.9 Å². The monoisotopic (exact) mass is 419 g/mol. The van der Waals surface area contributed by atoms with E-state index in [0.29, 0.717) is 16.1 Å². The number of rotatable bonds is 4. The number of carbonyl (C=O) groups is 1. The molecule has 4 aromatic rings. The Morgan fingerprint density at radius 3 is 2.83 bits per heavy atom. The summed E-state index contributed by atoms with van der Waals surface area (Å²) >= 11 is 0.983. The number of amides is 1. The molecule has 3 N–H and O–H groups in total. The van der Waals surface area contributed by atoms with Crippen molar-refractivity contribution in [3.8, 4) is 11.8 Å². The van der Waals surface area contributed by atoms with Crippen LogP contribution in [0.1, 0.15) is 38.4 Å². The van der Waals surface area contributed by atoms with Crippen LogP contribution >= 0.6 is 11.3 Å². The number of carbonyl (C=O) groups excluding carboxylic acids is 1. The average molecular weight is 419 g/mol. The molecule has 1 amide bonds. The van der Waals surface area contributed by atoms with E-state index in [1.54, 1.807) is 25.1 Å². The van der Waals surface area contributed by atoms with Crippen LogP contribution in [0.2, 0.25) is 0 Å². The Hall–Kier alpha value is -3.47. The molecule has 0 spiro atoms. The Morgan fingerprint density at radius 1 is 1.27 bits per heavy atom. The summed E-state index contributed by atoms with van der Waals surface area (Å²) in [4.78, 5) is 21.3. The number of halogens is 1. The molecule has 3 heterocycles. The number of thiophene rings is 1. The van der Waals surface area contributed by atoms with Crippen molar-refractivity contribution in [1.29, 1.82) is 0 Å². The van der Waals surface area contributed by atoms with E-state index in [0.717, 1.165) is 27.9 Å². The van der Waals surface area contributed by atoms with Crippen LogP contribution in [0.4, 0.5) is 4.39 Å². The fraction of sp³-hybridized carbons (Fsp3) is 0.130. The minimum absolute atomic E-state index is 0.204. The summed E-state index contributed by atoms with van der Waals surface area (Å²) in [6.45, 7) is 1.50. The first kappa shape index (κ1) is 19.8. The van der Waals surface area contributed by atoms with Gasteiger partial charge in [0.1, 0.15) is 18.3 Å². The van der Waals surface area contributed by atoms with E-state index in [4.69, 9.17) is 5.11 Å². The van der Waals surface area contributed by atoms with E-state index in [1.165, 1.54) is 6.07 Å². The highest BCUT2D eigenvalue weighted by atomic mass is 32.1. The van der Waals surface area contributed by atoms with Crippen molar-refractivity contribution in [2.45, 2.75) is 13.0 Å². The number of aryl methyl sites for hydroxylation is 1. The van der Waals surface area contributed by atoms with Gasteiger partial charge in [-0.25, -0.2) is 4.98 Å². The lowest BCUT2D eigenvalue weighted by Crippen LogP contribution is -2.30. The molecule has 3 aromatic heterocycles. The molecule has 0 saturated heterocycles. The number of benzene rings is 1. The minimum atomic E-state index is -0.561. The zero-order valence-corrected chi connectivity index (χ0v) is 16.9. The van der Waals surface area contributed by atoms with Crippen LogP contribution in [0, 0.1) is 23.9 Å². The third kappa shape index (κ3) is 4.25. The number of fused-ring (bicyclic) bond motifs is 1. The maximum absolute atomic E-state index is 13.7. The van der Waals surface area contributed by atoms with Crippen LogP contribution in [-0.2, 0) is 0 Å². The van der Waals surface area contributed by atoms with Gasteiger partial charge < -0.3 is 15.4 Å². The van der Waals surface area contributed by atoms with Crippen LogP contribution in [0.5, 0.6) is 0 Å². The van der Waals surface area contributed by atoms with E-state index in [1.807, 2.05) is 30.3 Å². The molecule has 30 heavy (non-hydrogen) atoms. The Bertz CT molecular complexity index is 1250. The number of nitrogens with zero attached hydrogens (tertiary/aromatic N) is 1. The molecule has 0 aliphatic carbocycles. The number of aliphatic hydroxyl groups excluding tert-OH is 1. The second-order valence-corrected chi connectivity index (χ2v) is 7.77. The lowest BCUT2D eigenvalue weighted by Gasteiger charge is -2.16. The van der Waals surface area contributed by atoms with E-state index in [-0.39, 0.29) is 17.4 Å². The fourth-order valence-corrected chi connectivity index (χ4v) is 4.04. The number of aliphatic hydroxyl groups is 1. The van der Waals surface area contributed by atoms with Crippen molar-refractivity contribution >= 4 is 28.1 Å². The van der Waals surface area contributed by atoms with E-state index >= 15 is 0 Å². The van der Waals surface area contributed by atoms with Gasteiger partial charge in [-0.05, 0) is 48.7 Å². The van der Waals surface area contributed by atoms with E-state index in [9.17, 15) is 9.18 Å². The summed E-state index contributed by atoms with van der Waals surface area (Å²) in [6, 6.07) is 15.5. The topological polar surface area (TPSA) is 78.0 Å². The lowest BCUT2D eigenvalue weighted by molar-refractivity contribution is 0.0937. The first-order valence-electron chi connectivity index (χ1n) is 9.25. The summed E-state index contributed by atoms with van der Waals surface area (Å²) < 4.78 is 13.7. The van der Waals surface area contributed by atoms with Gasteiger partial charge in [-0.2, -0.15) is 4.39 Å². The van der Waals surface area contributed by atoms with Gasteiger partial charge >= 0.3 is 0 Å². The van der Waals surface area contributed by atoms with Gasteiger partial charge in [-0.3, -0.25) is 4.79 Å². The number of hydrogen-bond donors (Lipinski definition) is 3. The molecule has 1 aromatic carbocycles. The number of aromatic amines is 1. The van der Waals surface area contributed by atoms with Crippen LogP contribution in [0.15, 0.2) is 54.6 Å². The van der Waals surface area contributed by atoms with Crippen LogP contribution in [0.25, 0.3) is 10.9 Å². The Morgan fingerprint density at radius 2 is 2.10 bits per heavy atom. The van der Waals surface area contributed by atoms with Crippen LogP contribution in [0.3, 0.4) is 0 Å². The standard InChI is InChI=1S/C23H18FN3O2S/c1-14-11-15(5-4-10-28)12-19(25-14)23(29)27-22(20-8-9-21(24)30-20)18-13-16-6-2-3-7-17(16)26-18/h2-3,6-9,11-13,22,26,28H,10H2,1H3,(H,27,29). The van der Waals surface area contributed by atoms with Crippen molar-refractivity contribution in [1.82, 2.24) is 15.3 Å². The first-order valence-corrected chi connectivity index (χ1v) is 10.1. The quantitative estimate of drug-likeness (QED) is 0.439. The van der Waals surface area contributed by atoms with Crippen LogP contribution in [-0.4, -0.2) is 27.6 Å². The average Bonchev–Trinajstić information content (AvgIpc) is 3.36. The van der Waals surface area contributed by atoms with E-state index in [2.05, 4.69) is 27.1 Å². The normalized spacial score (nSPS) is 11.7. The number of nitrogens with one attached hydrogen (secondary N) is 2. The maximum atomic E-state index is 13.7. The third-order valence-corrected chi connectivity index (χ3v) is 5.45. The lowest BCUT2D eigenvalue weighted by atomic mass is 10.1. The van der Waals surface area contributed by atoms with Crippen LogP contribution < -0.4 is 5.32 Å². The van der Waals surface area contributed by atoms with Crippen molar-refractivity contribution in [2.24, 2.45) is 0 Å². The molecule has 0 aliphatic heterocycles. The molecule has 1 atom stereocenters. The number of hydrogen-bond acceptors (Lipinski definition) is 4. The van der Waals surface area contributed by atoms with Gasteiger partial charge in [0, 0.05) is 27.3 Å². The highest BCUT2D eigenvalue weighted by Gasteiger charge is 2.22. The van der Waals surface area contributed by atoms with Gasteiger partial charge in [0.2, 0.25) is 0 Å². The summed E-state index contributed by atoms with van der Waals surface area (Å²) in [6.07, 6.45) is 0. The Balaban J connectivity index is 1.70. The zero-order valence-electron chi connectivity index (χ0n) is 16.1. The minimum Gasteiger partial charge on any atom is -0.384 e. The summed E-state index contributed by atoms with van der Waals surface area (Å²) in [5, 5.41) is 12.5. The van der Waals surface area contributed by atoms with Crippen molar-refractivity contribution in [3.63, 3.8) is 0 Å². The van der Waals surface area contributed by atoms with Gasteiger partial charge in [0.15, 0.2) is 5.13 Å². The molecule has 150 valence electrons. The predicted molar refractivity (Wildman–Crippen MR) is 115 cm³/mol. The van der Waals surface area contributed by atoms with Gasteiger partial charge in [-0.1, -0.05) is 30.0 Å². The molecular formula is C23H18FN3O2S. The highest BCUT2D eigenvalue weighted by Crippen LogP contribution is 2.30. The van der Waals surface area contributed by atoms with Gasteiger partial charge in [0.05, 0.1) is 0 Å². The number of para-hydroxylation sites is 1. The number of pyridine rings is 1. The fourth-order valence-electron chi connectivity index (χ4n) is 3.24. The van der Waals surface area contributed by atoms with Crippen molar-refractivity contribution in [2.75, 3.05) is 6.61 Å². The molecule has 1 unspecified atom stereocenters. The molecule has 0 fully saturated rings. The molecule has 5 nitrogen and oxygen atoms in total. The molecular weight excluding hydrogens is 401 g/mol. The van der Waals surface area contributed by atoms with Gasteiger partial charge in [0.25, 0.3) is 5.91 Å². The Labute approximate surface area is 176 Å². The predicted octanol–water partition coefficient (Wildman–Crippen LogP) is 3.94. The molecule has 0 radical (unpaired) electrons. The summed E-state index contributed by atoms with van der Waals surface area (Å²) in [5.41, 5.74) is 3.11. The summed E-state index contributed by atoms with van der Waals surface area (Å²) in [7, 11) is 0. The molecule has 4 rings (SSSR count). The maximum Gasteiger partial charge on any atom is 0.270 e. The number of H-pyrrole nitrogens is 1. The highest BCUT2D eigenvalue weighted by molar-refractivity contribution is 7.10. The molecule has 0 bridgehead atoms. The third-order valence-electron chi connectivity index (χ3n) is 4.51.